The van der Waals surface area contributed by atoms with Gasteiger partial charge in [0.1, 0.15) is 16.4 Å². The van der Waals surface area contributed by atoms with Crippen LogP contribution in [0.2, 0.25) is 5.02 Å². The molecule has 124 valence electrons. The van der Waals surface area contributed by atoms with Gasteiger partial charge in [0.05, 0.1) is 12.8 Å². The number of anilines is 1. The second-order valence-corrected chi connectivity index (χ2v) is 6.04. The molecule has 0 saturated carbocycles. The third-order valence-electron chi connectivity index (χ3n) is 4.09. The van der Waals surface area contributed by atoms with Gasteiger partial charge in [-0.05, 0) is 6.92 Å². The van der Waals surface area contributed by atoms with E-state index in [4.69, 9.17) is 16.3 Å². The summed E-state index contributed by atoms with van der Waals surface area (Å²) in [5.41, 5.74) is -0.913. The molecule has 0 amide bonds. The van der Waals surface area contributed by atoms with Crippen LogP contribution in [-0.2, 0) is 12.6 Å². The first-order chi connectivity index (χ1) is 11.0. The molecule has 0 bridgehead atoms. The van der Waals surface area contributed by atoms with Crippen molar-refractivity contribution in [2.45, 2.75) is 25.4 Å². The molecule has 1 fully saturated rings. The molecule has 0 aromatic carbocycles. The monoisotopic (exact) mass is 337 g/mol. The molecule has 1 saturated heterocycles. The van der Waals surface area contributed by atoms with Crippen LogP contribution in [-0.4, -0.2) is 44.3 Å². The second-order valence-electron chi connectivity index (χ2n) is 5.64. The van der Waals surface area contributed by atoms with E-state index in [1.807, 2.05) is 29.6 Å². The summed E-state index contributed by atoms with van der Waals surface area (Å²) in [7, 11) is 1.89. The molecule has 0 unspecified atom stereocenters. The molecular weight excluding hydrogens is 318 g/mol. The van der Waals surface area contributed by atoms with Gasteiger partial charge < -0.3 is 19.3 Å². The number of aryl methyl sites for hydroxylation is 1. The Morgan fingerprint density at radius 1 is 1.35 bits per heavy atom. The topological polar surface area (TPSA) is 76.3 Å². The molecule has 2 aromatic heterocycles. The Labute approximate surface area is 139 Å². The van der Waals surface area contributed by atoms with Crippen LogP contribution >= 0.6 is 11.6 Å². The van der Waals surface area contributed by atoms with E-state index in [1.165, 1.54) is 0 Å². The average molecular weight is 338 g/mol. The molecule has 23 heavy (non-hydrogen) atoms. The van der Waals surface area contributed by atoms with Crippen molar-refractivity contribution in [1.29, 1.82) is 0 Å². The lowest BCUT2D eigenvalue weighted by molar-refractivity contribution is 0.000539. The summed E-state index contributed by atoms with van der Waals surface area (Å²) < 4.78 is 7.27. The molecule has 0 radical (unpaired) electrons. The predicted octanol–water partition coefficient (Wildman–Crippen LogP) is 1.75. The Hall–Kier alpha value is -1.86. The molecule has 7 nitrogen and oxygen atoms in total. The van der Waals surface area contributed by atoms with E-state index in [2.05, 4.69) is 15.0 Å². The number of rotatable bonds is 4. The predicted molar refractivity (Wildman–Crippen MR) is 86.8 cm³/mol. The number of aliphatic hydroxyl groups is 1. The molecule has 0 atom stereocenters. The smallest absolute Gasteiger partial charge is 0.237 e. The zero-order valence-corrected chi connectivity index (χ0v) is 14.0. The van der Waals surface area contributed by atoms with Gasteiger partial charge in [-0.2, -0.15) is 4.98 Å². The highest BCUT2D eigenvalue weighted by molar-refractivity contribution is 6.31. The first-order valence-corrected chi connectivity index (χ1v) is 8.02. The Kier molecular flexibility index (Phi) is 4.41. The number of halogens is 1. The van der Waals surface area contributed by atoms with Crippen molar-refractivity contribution in [3.05, 3.63) is 29.4 Å². The third kappa shape index (κ3) is 3.11. The largest absolute Gasteiger partial charge is 0.477 e. The zero-order chi connectivity index (χ0) is 16.4. The molecule has 3 rings (SSSR count). The molecular formula is C15H20ClN5O2. The Balaban J connectivity index is 1.74. The SMILES string of the molecule is CCOc1nc(N2CCC(O)(c3nccn3C)CC2)ncc1Cl. The zero-order valence-electron chi connectivity index (χ0n) is 13.2. The highest BCUT2D eigenvalue weighted by atomic mass is 35.5. The highest BCUT2D eigenvalue weighted by Gasteiger charge is 2.37. The third-order valence-corrected chi connectivity index (χ3v) is 4.35. The van der Waals surface area contributed by atoms with Crippen LogP contribution in [0.3, 0.4) is 0 Å². The van der Waals surface area contributed by atoms with Gasteiger partial charge in [0.25, 0.3) is 0 Å². The maximum Gasteiger partial charge on any atom is 0.237 e. The summed E-state index contributed by atoms with van der Waals surface area (Å²) in [6.45, 7) is 3.65. The van der Waals surface area contributed by atoms with Crippen molar-refractivity contribution in [3.63, 3.8) is 0 Å². The van der Waals surface area contributed by atoms with Crippen molar-refractivity contribution in [2.24, 2.45) is 7.05 Å². The fourth-order valence-corrected chi connectivity index (χ4v) is 2.99. The van der Waals surface area contributed by atoms with Gasteiger partial charge in [0.2, 0.25) is 11.8 Å². The lowest BCUT2D eigenvalue weighted by atomic mass is 9.90. The van der Waals surface area contributed by atoms with Gasteiger partial charge in [0.15, 0.2) is 0 Å². The Morgan fingerprint density at radius 2 is 2.09 bits per heavy atom. The number of hydrogen-bond acceptors (Lipinski definition) is 6. The minimum absolute atomic E-state index is 0.393. The molecule has 1 N–H and O–H groups in total. The number of aromatic nitrogens is 4. The maximum absolute atomic E-state index is 10.9. The van der Waals surface area contributed by atoms with E-state index in [-0.39, 0.29) is 0 Å². The van der Waals surface area contributed by atoms with Crippen molar-refractivity contribution < 1.29 is 9.84 Å². The van der Waals surface area contributed by atoms with Gasteiger partial charge in [-0.3, -0.25) is 0 Å². The van der Waals surface area contributed by atoms with Crippen LogP contribution in [0.15, 0.2) is 18.6 Å². The van der Waals surface area contributed by atoms with Crippen LogP contribution in [0.25, 0.3) is 0 Å². The molecule has 1 aliphatic rings. The molecule has 1 aliphatic heterocycles. The molecule has 0 spiro atoms. The van der Waals surface area contributed by atoms with Gasteiger partial charge in [0, 0.05) is 45.4 Å². The van der Waals surface area contributed by atoms with Gasteiger partial charge >= 0.3 is 0 Å². The standard InChI is InChI=1S/C15H20ClN5O2/c1-3-23-12-11(16)10-18-14(19-12)21-7-4-15(22,5-8-21)13-17-6-9-20(13)2/h6,9-10,22H,3-5,7-8H2,1-2H3. The van der Waals surface area contributed by atoms with Crippen LogP contribution in [0.5, 0.6) is 5.88 Å². The lowest BCUT2D eigenvalue weighted by Crippen LogP contribution is -2.44. The van der Waals surface area contributed by atoms with Crippen LogP contribution in [0.1, 0.15) is 25.6 Å². The van der Waals surface area contributed by atoms with Crippen molar-refractivity contribution in [3.8, 4) is 5.88 Å². The van der Waals surface area contributed by atoms with E-state index >= 15 is 0 Å². The van der Waals surface area contributed by atoms with Crippen molar-refractivity contribution in [1.82, 2.24) is 19.5 Å². The summed E-state index contributed by atoms with van der Waals surface area (Å²) >= 11 is 6.02. The fraction of sp³-hybridized carbons (Fsp3) is 0.533. The fourth-order valence-electron chi connectivity index (χ4n) is 2.85. The van der Waals surface area contributed by atoms with E-state index < -0.39 is 5.60 Å². The number of ether oxygens (including phenoxy) is 1. The van der Waals surface area contributed by atoms with Crippen molar-refractivity contribution in [2.75, 3.05) is 24.6 Å². The van der Waals surface area contributed by atoms with E-state index in [0.717, 1.165) is 0 Å². The van der Waals surface area contributed by atoms with E-state index in [9.17, 15) is 5.11 Å². The molecule has 3 heterocycles. The maximum atomic E-state index is 10.9. The number of imidazole rings is 1. The Bertz CT molecular complexity index is 682. The lowest BCUT2D eigenvalue weighted by Gasteiger charge is -2.37. The summed E-state index contributed by atoms with van der Waals surface area (Å²) in [4.78, 5) is 15.0. The van der Waals surface area contributed by atoms with E-state index in [0.29, 0.717) is 55.2 Å². The molecule has 0 aliphatic carbocycles. The minimum atomic E-state index is -0.913. The van der Waals surface area contributed by atoms with Crippen LogP contribution in [0.4, 0.5) is 5.95 Å². The summed E-state index contributed by atoms with van der Waals surface area (Å²) in [5.74, 6) is 1.66. The highest BCUT2D eigenvalue weighted by Crippen LogP contribution is 2.33. The quantitative estimate of drug-likeness (QED) is 0.916. The van der Waals surface area contributed by atoms with Gasteiger partial charge in [-0.25, -0.2) is 9.97 Å². The number of hydrogen-bond donors (Lipinski definition) is 1. The molecule has 8 heteroatoms. The van der Waals surface area contributed by atoms with Crippen molar-refractivity contribution >= 4 is 17.5 Å². The van der Waals surface area contributed by atoms with Crippen LogP contribution < -0.4 is 9.64 Å². The van der Waals surface area contributed by atoms with Crippen LogP contribution in [0, 0.1) is 0 Å². The normalized spacial score (nSPS) is 17.3. The number of piperidine rings is 1. The van der Waals surface area contributed by atoms with Gasteiger partial charge in [-0.15, -0.1) is 0 Å². The average Bonchev–Trinajstić information content (AvgIpc) is 2.98. The Morgan fingerprint density at radius 3 is 2.70 bits per heavy atom. The van der Waals surface area contributed by atoms with E-state index in [1.54, 1.807) is 12.4 Å². The summed E-state index contributed by atoms with van der Waals surface area (Å²) in [6.07, 6.45) is 6.22. The summed E-state index contributed by atoms with van der Waals surface area (Å²) in [6, 6.07) is 0. The molecule has 2 aromatic rings. The first-order valence-electron chi connectivity index (χ1n) is 7.64. The number of nitrogens with zero attached hydrogens (tertiary/aromatic N) is 5. The summed E-state index contributed by atoms with van der Waals surface area (Å²) in [5, 5.41) is 11.3. The first kappa shape index (κ1) is 16.0. The second kappa shape index (κ2) is 6.33. The minimum Gasteiger partial charge on any atom is -0.477 e. The van der Waals surface area contributed by atoms with Gasteiger partial charge in [-0.1, -0.05) is 11.6 Å².